The molecule has 0 radical (unpaired) electrons. The Kier molecular flexibility index (Phi) is 4.16. The predicted octanol–water partition coefficient (Wildman–Crippen LogP) is 2.91. The smallest absolute Gasteiger partial charge is 0.263 e. The third-order valence-corrected chi connectivity index (χ3v) is 5.81. The van der Waals surface area contributed by atoms with E-state index in [0.717, 1.165) is 10.8 Å². The largest absolute Gasteiger partial charge is 0.324 e. The number of hydrogen-bond donors (Lipinski definition) is 2. The topological polar surface area (TPSA) is 87.6 Å². The Labute approximate surface area is 157 Å². The number of anilines is 1. The fraction of sp³-hybridized carbons (Fsp3) is 0.100. The van der Waals surface area contributed by atoms with Crippen LogP contribution in [0.1, 0.15) is 12.5 Å². The molecule has 1 atom stereocenters. The molecule has 1 heterocycles. The summed E-state index contributed by atoms with van der Waals surface area (Å²) in [4.78, 5) is 17.1. The average Bonchev–Trinajstić information content (AvgIpc) is 2.92. The molecule has 1 aliphatic heterocycles. The highest BCUT2D eigenvalue weighted by Crippen LogP contribution is 2.24. The van der Waals surface area contributed by atoms with E-state index in [1.165, 1.54) is 6.07 Å². The summed E-state index contributed by atoms with van der Waals surface area (Å²) in [7, 11) is -3.63. The quantitative estimate of drug-likeness (QED) is 0.733. The first-order valence-corrected chi connectivity index (χ1v) is 9.93. The fourth-order valence-electron chi connectivity index (χ4n) is 3.05. The van der Waals surface area contributed by atoms with E-state index in [1.807, 2.05) is 42.5 Å². The number of amidine groups is 1. The van der Waals surface area contributed by atoms with Crippen LogP contribution in [-0.4, -0.2) is 26.2 Å². The van der Waals surface area contributed by atoms with Crippen molar-refractivity contribution in [1.29, 1.82) is 0 Å². The molecule has 0 saturated heterocycles. The maximum atomic E-state index is 12.6. The number of benzene rings is 3. The van der Waals surface area contributed by atoms with Gasteiger partial charge in [-0.2, -0.15) is 0 Å². The van der Waals surface area contributed by atoms with Gasteiger partial charge in [-0.15, -0.1) is 0 Å². The van der Waals surface area contributed by atoms with E-state index in [4.69, 9.17) is 0 Å². The van der Waals surface area contributed by atoms with Gasteiger partial charge < -0.3 is 5.32 Å². The summed E-state index contributed by atoms with van der Waals surface area (Å²) in [5.41, 5.74) is 1.17. The molecule has 0 spiro atoms. The molecule has 1 amide bonds. The van der Waals surface area contributed by atoms with Crippen molar-refractivity contribution in [2.75, 3.05) is 5.32 Å². The lowest BCUT2D eigenvalue weighted by Gasteiger charge is -2.12. The van der Waals surface area contributed by atoms with Crippen LogP contribution in [-0.2, 0) is 14.8 Å². The molecule has 2 N–H and O–H groups in total. The molecule has 0 bridgehead atoms. The molecule has 0 saturated carbocycles. The first kappa shape index (κ1) is 17.2. The molecule has 0 aliphatic carbocycles. The van der Waals surface area contributed by atoms with E-state index in [9.17, 15) is 13.2 Å². The lowest BCUT2D eigenvalue weighted by atomic mass is 10.1. The Balaban J connectivity index is 1.61. The molecule has 3 aromatic carbocycles. The van der Waals surface area contributed by atoms with Gasteiger partial charge in [0.05, 0.1) is 4.90 Å². The van der Waals surface area contributed by atoms with Crippen LogP contribution in [0.5, 0.6) is 0 Å². The second-order valence-corrected chi connectivity index (χ2v) is 7.92. The number of hydrogen-bond acceptors (Lipinski definition) is 4. The van der Waals surface area contributed by atoms with E-state index < -0.39 is 16.1 Å². The Bertz CT molecular complexity index is 1180. The van der Waals surface area contributed by atoms with E-state index >= 15 is 0 Å². The van der Waals surface area contributed by atoms with Crippen molar-refractivity contribution in [2.45, 2.75) is 17.9 Å². The van der Waals surface area contributed by atoms with Gasteiger partial charge in [0.25, 0.3) is 10.0 Å². The van der Waals surface area contributed by atoms with Gasteiger partial charge >= 0.3 is 0 Å². The number of fused-ring (bicyclic) bond motifs is 2. The normalized spacial score (nSPS) is 17.3. The first-order chi connectivity index (χ1) is 13.0. The fourth-order valence-corrected chi connectivity index (χ4v) is 4.29. The summed E-state index contributed by atoms with van der Waals surface area (Å²) in [6.45, 7) is 1.63. The summed E-state index contributed by atoms with van der Waals surface area (Å²) >= 11 is 0. The molecule has 3 aromatic rings. The molecule has 1 aliphatic rings. The summed E-state index contributed by atoms with van der Waals surface area (Å²) in [6, 6.07) is 19.2. The third-order valence-electron chi connectivity index (χ3n) is 4.41. The van der Waals surface area contributed by atoms with Gasteiger partial charge in [-0.05, 0) is 30.5 Å². The van der Waals surface area contributed by atoms with Crippen LogP contribution in [0, 0.1) is 0 Å². The molecule has 6 nitrogen and oxygen atoms in total. The van der Waals surface area contributed by atoms with Crippen molar-refractivity contribution in [1.82, 2.24) is 4.72 Å². The number of nitrogens with zero attached hydrogens (tertiary/aromatic N) is 1. The molecule has 136 valence electrons. The van der Waals surface area contributed by atoms with Crippen molar-refractivity contribution in [2.24, 2.45) is 4.99 Å². The Morgan fingerprint density at radius 2 is 1.70 bits per heavy atom. The predicted molar refractivity (Wildman–Crippen MR) is 105 cm³/mol. The number of carbonyl (C=O) groups is 1. The summed E-state index contributed by atoms with van der Waals surface area (Å²) in [5.74, 6) is -0.131. The van der Waals surface area contributed by atoms with E-state index in [1.54, 1.807) is 25.1 Å². The zero-order chi connectivity index (χ0) is 19.0. The van der Waals surface area contributed by atoms with Crippen molar-refractivity contribution < 1.29 is 13.2 Å². The van der Waals surface area contributed by atoms with Gasteiger partial charge in [0.15, 0.2) is 0 Å². The van der Waals surface area contributed by atoms with E-state index in [0.29, 0.717) is 11.3 Å². The van der Waals surface area contributed by atoms with Crippen LogP contribution < -0.4 is 10.0 Å². The van der Waals surface area contributed by atoms with E-state index in [2.05, 4.69) is 15.0 Å². The maximum Gasteiger partial charge on any atom is 0.263 e. The second kappa shape index (κ2) is 6.51. The summed E-state index contributed by atoms with van der Waals surface area (Å²) in [6.07, 6.45) is 0. The van der Waals surface area contributed by atoms with Gasteiger partial charge in [-0.1, -0.05) is 48.5 Å². The minimum atomic E-state index is -3.63. The van der Waals surface area contributed by atoms with Crippen molar-refractivity contribution >= 4 is 38.2 Å². The van der Waals surface area contributed by atoms with Crippen LogP contribution in [0.2, 0.25) is 0 Å². The Hall–Kier alpha value is -3.19. The van der Waals surface area contributed by atoms with Crippen molar-refractivity contribution in [3.05, 3.63) is 72.3 Å². The third kappa shape index (κ3) is 3.17. The second-order valence-electron chi connectivity index (χ2n) is 6.27. The van der Waals surface area contributed by atoms with Crippen molar-refractivity contribution in [3.8, 4) is 0 Å². The zero-order valence-electron chi connectivity index (χ0n) is 14.5. The number of amides is 1. The number of carbonyl (C=O) groups excluding carboxylic acids is 1. The molecule has 0 unspecified atom stereocenters. The van der Waals surface area contributed by atoms with E-state index in [-0.39, 0.29) is 16.6 Å². The Morgan fingerprint density at radius 1 is 1.00 bits per heavy atom. The highest BCUT2D eigenvalue weighted by Gasteiger charge is 2.31. The molecule has 27 heavy (non-hydrogen) atoms. The van der Waals surface area contributed by atoms with Crippen LogP contribution in [0.25, 0.3) is 10.8 Å². The van der Waals surface area contributed by atoms with Crippen LogP contribution in [0.15, 0.2) is 76.6 Å². The molecule has 0 aromatic heterocycles. The lowest BCUT2D eigenvalue weighted by molar-refractivity contribution is -0.116. The van der Waals surface area contributed by atoms with Gasteiger partial charge in [-0.3, -0.25) is 14.5 Å². The van der Waals surface area contributed by atoms with Gasteiger partial charge in [-0.25, -0.2) is 8.42 Å². The number of aliphatic imine (C=N–C) groups is 1. The summed E-state index contributed by atoms with van der Waals surface area (Å²) in [5, 5.41) is 4.83. The highest BCUT2D eigenvalue weighted by molar-refractivity contribution is 7.90. The van der Waals surface area contributed by atoms with Gasteiger partial charge in [0, 0.05) is 16.6 Å². The average molecular weight is 379 g/mol. The SMILES string of the molecule is C[C@H](N=C1NS(=O)(=O)c2ccccc21)C(=O)Nc1cccc2ccccc12. The molecule has 4 rings (SSSR count). The lowest BCUT2D eigenvalue weighted by Crippen LogP contribution is -2.28. The van der Waals surface area contributed by atoms with Gasteiger partial charge in [0.2, 0.25) is 5.91 Å². The molecule has 7 heteroatoms. The van der Waals surface area contributed by atoms with Gasteiger partial charge in [0.1, 0.15) is 11.9 Å². The molecule has 0 fully saturated rings. The standard InChI is InChI=1S/C20H17N3O3S/c1-13(21-19-16-10-4-5-12-18(16)27(25,26)23-19)20(24)22-17-11-6-8-14-7-2-3-9-15(14)17/h2-13H,1H3,(H,21,23)(H,22,24)/t13-/m0/s1. The van der Waals surface area contributed by atoms with Crippen LogP contribution in [0.4, 0.5) is 5.69 Å². The number of nitrogens with one attached hydrogen (secondary N) is 2. The minimum Gasteiger partial charge on any atom is -0.324 e. The van der Waals surface area contributed by atoms with Crippen molar-refractivity contribution in [3.63, 3.8) is 0 Å². The summed E-state index contributed by atoms with van der Waals surface area (Å²) < 4.78 is 26.7. The molecular formula is C20H17N3O3S. The van der Waals surface area contributed by atoms with Crippen LogP contribution in [0.3, 0.4) is 0 Å². The van der Waals surface area contributed by atoms with Crippen LogP contribution >= 0.6 is 0 Å². The monoisotopic (exact) mass is 379 g/mol. The zero-order valence-corrected chi connectivity index (χ0v) is 15.3. The Morgan fingerprint density at radius 3 is 2.56 bits per heavy atom. The maximum absolute atomic E-state index is 12.6. The first-order valence-electron chi connectivity index (χ1n) is 8.44. The molecular weight excluding hydrogens is 362 g/mol. The number of rotatable bonds is 3. The number of sulfonamides is 1. The minimum absolute atomic E-state index is 0.172. The highest BCUT2D eigenvalue weighted by atomic mass is 32.2.